The van der Waals surface area contributed by atoms with Crippen molar-refractivity contribution in [1.29, 1.82) is 0 Å². The van der Waals surface area contributed by atoms with Crippen molar-refractivity contribution in [2.45, 2.75) is 0 Å². The number of anilines is 1. The summed E-state index contributed by atoms with van der Waals surface area (Å²) in [6.45, 7) is 0. The molecule has 8 heteroatoms. The van der Waals surface area contributed by atoms with Crippen molar-refractivity contribution in [3.63, 3.8) is 0 Å². The van der Waals surface area contributed by atoms with E-state index < -0.39 is 16.7 Å². The average Bonchev–Trinajstić information content (AvgIpc) is 2.67. The minimum Gasteiger partial charge on any atom is -0.497 e. The predicted molar refractivity (Wildman–Crippen MR) is 94.1 cm³/mol. The maximum atomic E-state index is 12.3. The van der Waals surface area contributed by atoms with Gasteiger partial charge in [0.15, 0.2) is 5.78 Å². The lowest BCUT2D eigenvalue weighted by atomic mass is 10.1. The van der Waals surface area contributed by atoms with Gasteiger partial charge in [-0.2, -0.15) is 0 Å². The van der Waals surface area contributed by atoms with E-state index >= 15 is 0 Å². The summed E-state index contributed by atoms with van der Waals surface area (Å²) in [5.41, 5.74) is 0.559. The first-order valence-electron chi connectivity index (χ1n) is 7.44. The molecule has 8 nitrogen and oxygen atoms in total. The highest BCUT2D eigenvalue weighted by Gasteiger charge is 2.14. The first-order chi connectivity index (χ1) is 12.4. The zero-order valence-corrected chi connectivity index (χ0v) is 14.1. The van der Waals surface area contributed by atoms with Crippen LogP contribution in [0, 0.1) is 10.1 Å². The molecule has 0 fully saturated rings. The van der Waals surface area contributed by atoms with Crippen LogP contribution in [0.5, 0.6) is 5.75 Å². The summed E-state index contributed by atoms with van der Waals surface area (Å²) in [4.78, 5) is 34.4. The molecule has 0 atom stereocenters. The monoisotopic (exact) mass is 356 g/mol. The van der Waals surface area contributed by atoms with Crippen LogP contribution in [0.2, 0.25) is 0 Å². The van der Waals surface area contributed by atoms with Gasteiger partial charge >= 0.3 is 5.97 Å². The fourth-order valence-electron chi connectivity index (χ4n) is 2.05. The fraction of sp³-hybridized carbons (Fsp3) is 0.111. The molecule has 2 aromatic carbocycles. The van der Waals surface area contributed by atoms with Gasteiger partial charge in [0.2, 0.25) is 0 Å². The standard InChI is InChI=1S/C18H16N2O6/c1-25-15-9-5-13(6-10-15)19-16(18(22)26-2)11-17(21)12-3-7-14(8-4-12)20(23)24/h3-11,19H,1-2H3. The van der Waals surface area contributed by atoms with Gasteiger partial charge in [0, 0.05) is 29.5 Å². The Labute approximate surface area is 149 Å². The van der Waals surface area contributed by atoms with E-state index in [4.69, 9.17) is 4.74 Å². The van der Waals surface area contributed by atoms with Crippen molar-refractivity contribution in [3.05, 3.63) is 76.0 Å². The summed E-state index contributed by atoms with van der Waals surface area (Å²) in [5, 5.41) is 13.5. The van der Waals surface area contributed by atoms with Crippen LogP contribution in [0.1, 0.15) is 10.4 Å². The molecular weight excluding hydrogens is 340 g/mol. The minimum atomic E-state index is -0.726. The smallest absolute Gasteiger partial charge is 0.354 e. The molecule has 0 aliphatic heterocycles. The van der Waals surface area contributed by atoms with Gasteiger partial charge in [-0.1, -0.05) is 0 Å². The van der Waals surface area contributed by atoms with Gasteiger partial charge in [0.1, 0.15) is 11.4 Å². The number of rotatable bonds is 7. The molecule has 0 aliphatic carbocycles. The molecule has 0 heterocycles. The lowest BCUT2D eigenvalue weighted by Crippen LogP contribution is -2.15. The predicted octanol–water partition coefficient (Wildman–Crippen LogP) is 2.96. The van der Waals surface area contributed by atoms with Crippen molar-refractivity contribution in [2.24, 2.45) is 0 Å². The van der Waals surface area contributed by atoms with Crippen LogP contribution in [0.15, 0.2) is 60.3 Å². The maximum absolute atomic E-state index is 12.3. The third kappa shape index (κ3) is 4.67. The van der Waals surface area contributed by atoms with Crippen LogP contribution >= 0.6 is 0 Å². The Bertz CT molecular complexity index is 841. The summed E-state index contributed by atoms with van der Waals surface area (Å²) in [6, 6.07) is 11.8. The third-order valence-corrected chi connectivity index (χ3v) is 3.41. The van der Waals surface area contributed by atoms with Gasteiger partial charge in [-0.15, -0.1) is 0 Å². The largest absolute Gasteiger partial charge is 0.497 e. The van der Waals surface area contributed by atoms with Gasteiger partial charge in [0.05, 0.1) is 19.1 Å². The van der Waals surface area contributed by atoms with E-state index in [1.165, 1.54) is 38.5 Å². The van der Waals surface area contributed by atoms with E-state index in [1.54, 1.807) is 24.3 Å². The van der Waals surface area contributed by atoms with Gasteiger partial charge in [-0.25, -0.2) is 4.79 Å². The maximum Gasteiger partial charge on any atom is 0.354 e. The molecule has 0 radical (unpaired) electrons. The van der Waals surface area contributed by atoms with Gasteiger partial charge in [-0.3, -0.25) is 14.9 Å². The van der Waals surface area contributed by atoms with Gasteiger partial charge in [0.25, 0.3) is 5.69 Å². The Morgan fingerprint density at radius 2 is 1.65 bits per heavy atom. The Balaban J connectivity index is 2.25. The number of nitrogens with zero attached hydrogens (tertiary/aromatic N) is 1. The summed E-state index contributed by atoms with van der Waals surface area (Å²) in [7, 11) is 2.73. The van der Waals surface area contributed by atoms with Gasteiger partial charge < -0.3 is 14.8 Å². The molecule has 0 unspecified atom stereocenters. The zero-order valence-electron chi connectivity index (χ0n) is 14.1. The van der Waals surface area contributed by atoms with E-state index in [0.717, 1.165) is 6.08 Å². The number of carbonyl (C=O) groups is 2. The molecule has 1 N–H and O–H groups in total. The number of ether oxygens (including phenoxy) is 2. The minimum absolute atomic E-state index is 0.0685. The van der Waals surface area contributed by atoms with Crippen molar-refractivity contribution >= 4 is 23.1 Å². The van der Waals surface area contributed by atoms with E-state index in [2.05, 4.69) is 10.1 Å². The highest BCUT2D eigenvalue weighted by atomic mass is 16.6. The number of hydrogen-bond acceptors (Lipinski definition) is 7. The second kappa shape index (κ2) is 8.43. The van der Waals surface area contributed by atoms with Crippen molar-refractivity contribution in [1.82, 2.24) is 0 Å². The van der Waals surface area contributed by atoms with Crippen LogP contribution in [0.3, 0.4) is 0 Å². The number of hydrogen-bond donors (Lipinski definition) is 1. The number of allylic oxidation sites excluding steroid dienone is 1. The van der Waals surface area contributed by atoms with Crippen LogP contribution in [-0.2, 0) is 9.53 Å². The number of methoxy groups -OCH3 is 2. The number of carbonyl (C=O) groups excluding carboxylic acids is 2. The Morgan fingerprint density at radius 3 is 2.15 bits per heavy atom. The highest BCUT2D eigenvalue weighted by molar-refractivity contribution is 6.09. The normalized spacial score (nSPS) is 10.8. The summed E-state index contributed by atoms with van der Waals surface area (Å²) < 4.78 is 9.74. The number of esters is 1. The SMILES string of the molecule is COC(=O)C(=CC(=O)c1ccc([N+](=O)[O-])cc1)Nc1ccc(OC)cc1. The Hall–Kier alpha value is -3.68. The number of nitro groups is 1. The fourth-order valence-corrected chi connectivity index (χ4v) is 2.05. The first kappa shape index (κ1) is 18.7. The molecule has 2 aromatic rings. The van der Waals surface area contributed by atoms with E-state index in [0.29, 0.717) is 11.4 Å². The Kier molecular flexibility index (Phi) is 6.05. The van der Waals surface area contributed by atoms with Crippen LogP contribution in [0.4, 0.5) is 11.4 Å². The van der Waals surface area contributed by atoms with Gasteiger partial charge in [-0.05, 0) is 36.4 Å². The topological polar surface area (TPSA) is 108 Å². The molecule has 0 bridgehead atoms. The summed E-state index contributed by atoms with van der Waals surface area (Å²) >= 11 is 0. The third-order valence-electron chi connectivity index (χ3n) is 3.41. The molecule has 0 saturated carbocycles. The molecule has 0 spiro atoms. The number of non-ortho nitro benzene ring substituents is 1. The van der Waals surface area contributed by atoms with Crippen LogP contribution in [-0.4, -0.2) is 30.9 Å². The van der Waals surface area contributed by atoms with E-state index in [1.807, 2.05) is 0 Å². The quantitative estimate of drug-likeness (QED) is 0.267. The number of nitro benzene ring substituents is 1. The molecule has 26 heavy (non-hydrogen) atoms. The lowest BCUT2D eigenvalue weighted by Gasteiger charge is -2.10. The van der Waals surface area contributed by atoms with E-state index in [-0.39, 0.29) is 16.9 Å². The second-order valence-electron chi connectivity index (χ2n) is 5.07. The molecule has 0 aliphatic rings. The molecule has 2 rings (SSSR count). The van der Waals surface area contributed by atoms with Crippen LogP contribution in [0.25, 0.3) is 0 Å². The van der Waals surface area contributed by atoms with Crippen molar-refractivity contribution in [3.8, 4) is 5.75 Å². The van der Waals surface area contributed by atoms with Crippen molar-refractivity contribution < 1.29 is 24.0 Å². The number of nitrogens with one attached hydrogen (secondary N) is 1. The highest BCUT2D eigenvalue weighted by Crippen LogP contribution is 2.18. The summed E-state index contributed by atoms with van der Waals surface area (Å²) in [5.74, 6) is -0.585. The number of benzene rings is 2. The van der Waals surface area contributed by atoms with Crippen LogP contribution < -0.4 is 10.1 Å². The molecule has 0 aromatic heterocycles. The zero-order chi connectivity index (χ0) is 19.1. The summed E-state index contributed by atoms with van der Waals surface area (Å²) in [6.07, 6.45) is 1.08. The first-order valence-corrected chi connectivity index (χ1v) is 7.44. The second-order valence-corrected chi connectivity index (χ2v) is 5.07. The van der Waals surface area contributed by atoms with Crippen molar-refractivity contribution in [2.75, 3.05) is 19.5 Å². The molecule has 0 saturated heterocycles. The lowest BCUT2D eigenvalue weighted by molar-refractivity contribution is -0.384. The molecule has 0 amide bonds. The molecule has 134 valence electrons. The van der Waals surface area contributed by atoms with E-state index in [9.17, 15) is 19.7 Å². The average molecular weight is 356 g/mol. The number of ketones is 1. The molecular formula is C18H16N2O6. The Morgan fingerprint density at radius 1 is 1.04 bits per heavy atom.